The Morgan fingerprint density at radius 2 is 2.44 bits per heavy atom. The Labute approximate surface area is 52.4 Å². The van der Waals surface area contributed by atoms with Crippen LogP contribution in [0, 0.1) is 0 Å². The molecule has 0 aromatic heterocycles. The number of ether oxygens (including phenoxy) is 1. The van der Waals surface area contributed by atoms with Crippen molar-refractivity contribution in [3.05, 3.63) is 0 Å². The van der Waals surface area contributed by atoms with Gasteiger partial charge in [-0.15, -0.1) is 0 Å². The van der Waals surface area contributed by atoms with Gasteiger partial charge in [0.25, 0.3) is 0 Å². The molecule has 0 aromatic rings. The van der Waals surface area contributed by atoms with Crippen molar-refractivity contribution in [3.8, 4) is 0 Å². The number of alkyl halides is 1. The fourth-order valence-corrected chi connectivity index (χ4v) is 0.441. The SMILES string of the molecule is COC(CCF)C(=O)O. The maximum atomic E-state index is 11.4. The maximum absolute atomic E-state index is 11.4. The fraction of sp³-hybridized carbons (Fsp3) is 0.800. The lowest BCUT2D eigenvalue weighted by Gasteiger charge is -2.05. The summed E-state index contributed by atoms with van der Waals surface area (Å²) in [4.78, 5) is 10.0. The molecule has 0 fully saturated rings. The average Bonchev–Trinajstić information content (AvgIpc) is 1.82. The van der Waals surface area contributed by atoms with Gasteiger partial charge in [-0.3, -0.25) is 4.39 Å². The van der Waals surface area contributed by atoms with Crippen molar-refractivity contribution in [2.75, 3.05) is 13.8 Å². The van der Waals surface area contributed by atoms with E-state index in [1.807, 2.05) is 0 Å². The van der Waals surface area contributed by atoms with Gasteiger partial charge in [-0.05, 0) is 0 Å². The minimum atomic E-state index is -1.12. The number of aliphatic carboxylic acids is 1. The number of carboxylic acids is 1. The first-order valence-corrected chi connectivity index (χ1v) is 2.54. The summed E-state index contributed by atoms with van der Waals surface area (Å²) in [6, 6.07) is 0. The lowest BCUT2D eigenvalue weighted by atomic mass is 10.3. The summed E-state index contributed by atoms with van der Waals surface area (Å²) in [5, 5.41) is 8.21. The largest absolute Gasteiger partial charge is 0.479 e. The molecule has 4 heteroatoms. The van der Waals surface area contributed by atoms with Gasteiger partial charge in [-0.2, -0.15) is 0 Å². The Bertz CT molecular complexity index is 94.2. The second-order valence-electron chi connectivity index (χ2n) is 1.54. The predicted octanol–water partition coefficient (Wildman–Crippen LogP) is 0.446. The van der Waals surface area contributed by atoms with E-state index in [2.05, 4.69) is 4.74 Å². The highest BCUT2D eigenvalue weighted by atomic mass is 19.1. The van der Waals surface area contributed by atoms with Crippen LogP contribution in [-0.4, -0.2) is 31.0 Å². The number of rotatable bonds is 4. The van der Waals surface area contributed by atoms with E-state index in [4.69, 9.17) is 5.11 Å². The number of halogens is 1. The minimum Gasteiger partial charge on any atom is -0.479 e. The van der Waals surface area contributed by atoms with Gasteiger partial charge in [0.05, 0.1) is 6.67 Å². The van der Waals surface area contributed by atoms with Crippen LogP contribution in [0.15, 0.2) is 0 Å². The van der Waals surface area contributed by atoms with E-state index >= 15 is 0 Å². The standard InChI is InChI=1S/C5H9FO3/c1-9-4(2-3-6)5(7)8/h4H,2-3H2,1H3,(H,7,8). The first-order chi connectivity index (χ1) is 4.22. The third-order valence-corrected chi connectivity index (χ3v) is 0.931. The summed E-state index contributed by atoms with van der Waals surface area (Å²) in [5.41, 5.74) is 0. The molecule has 0 radical (unpaired) electrons. The summed E-state index contributed by atoms with van der Waals surface area (Å²) in [7, 11) is 1.24. The Morgan fingerprint density at radius 3 is 2.56 bits per heavy atom. The zero-order chi connectivity index (χ0) is 7.28. The third-order valence-electron chi connectivity index (χ3n) is 0.931. The van der Waals surface area contributed by atoms with Gasteiger partial charge in [0, 0.05) is 13.5 Å². The molecule has 0 spiro atoms. The number of carbonyl (C=O) groups is 1. The van der Waals surface area contributed by atoms with Crippen molar-refractivity contribution >= 4 is 5.97 Å². The lowest BCUT2D eigenvalue weighted by molar-refractivity contribution is -0.149. The van der Waals surface area contributed by atoms with Gasteiger partial charge < -0.3 is 9.84 Å². The van der Waals surface area contributed by atoms with Gasteiger partial charge in [-0.1, -0.05) is 0 Å². The molecule has 0 heterocycles. The van der Waals surface area contributed by atoms with Crippen molar-refractivity contribution in [1.29, 1.82) is 0 Å². The fourth-order valence-electron chi connectivity index (χ4n) is 0.441. The van der Waals surface area contributed by atoms with Gasteiger partial charge in [0.15, 0.2) is 6.10 Å². The van der Waals surface area contributed by atoms with Crippen LogP contribution in [0.1, 0.15) is 6.42 Å². The highest BCUT2D eigenvalue weighted by Gasteiger charge is 2.14. The highest BCUT2D eigenvalue weighted by Crippen LogP contribution is 1.96. The molecular formula is C5H9FO3. The highest BCUT2D eigenvalue weighted by molar-refractivity contribution is 5.72. The van der Waals surface area contributed by atoms with Crippen molar-refractivity contribution in [1.82, 2.24) is 0 Å². The van der Waals surface area contributed by atoms with Gasteiger partial charge in [-0.25, -0.2) is 4.79 Å². The topological polar surface area (TPSA) is 46.5 Å². The molecule has 0 amide bonds. The van der Waals surface area contributed by atoms with E-state index in [-0.39, 0.29) is 6.42 Å². The van der Waals surface area contributed by atoms with Crippen LogP contribution >= 0.6 is 0 Å². The van der Waals surface area contributed by atoms with E-state index < -0.39 is 18.7 Å². The van der Waals surface area contributed by atoms with E-state index in [1.165, 1.54) is 7.11 Å². The minimum absolute atomic E-state index is 0.0775. The first-order valence-electron chi connectivity index (χ1n) is 2.54. The zero-order valence-corrected chi connectivity index (χ0v) is 5.13. The summed E-state index contributed by atoms with van der Waals surface area (Å²) < 4.78 is 15.9. The molecule has 0 aliphatic rings. The van der Waals surface area contributed by atoms with E-state index in [1.54, 1.807) is 0 Å². The molecule has 1 N–H and O–H groups in total. The van der Waals surface area contributed by atoms with E-state index in [9.17, 15) is 9.18 Å². The summed E-state index contributed by atoms with van der Waals surface area (Å²) in [6.45, 7) is -0.662. The average molecular weight is 136 g/mol. The molecule has 0 saturated carbocycles. The van der Waals surface area contributed by atoms with Gasteiger partial charge in [0.1, 0.15) is 0 Å². The van der Waals surface area contributed by atoms with Crippen LogP contribution in [0.3, 0.4) is 0 Å². The normalized spacial score (nSPS) is 13.1. The number of methoxy groups -OCH3 is 1. The third kappa shape index (κ3) is 3.03. The number of carboxylic acid groups (broad SMARTS) is 1. The summed E-state index contributed by atoms with van der Waals surface area (Å²) in [6.07, 6.45) is -1.07. The molecule has 0 bridgehead atoms. The summed E-state index contributed by atoms with van der Waals surface area (Å²) >= 11 is 0. The van der Waals surface area contributed by atoms with Crippen LogP contribution in [0.2, 0.25) is 0 Å². The molecular weight excluding hydrogens is 127 g/mol. The van der Waals surface area contributed by atoms with Crippen LogP contribution in [-0.2, 0) is 9.53 Å². The number of hydrogen-bond donors (Lipinski definition) is 1. The van der Waals surface area contributed by atoms with E-state index in [0.29, 0.717) is 0 Å². The molecule has 0 aromatic carbocycles. The van der Waals surface area contributed by atoms with Crippen LogP contribution < -0.4 is 0 Å². The molecule has 0 aliphatic carbocycles. The second kappa shape index (κ2) is 4.26. The van der Waals surface area contributed by atoms with Crippen LogP contribution in [0.25, 0.3) is 0 Å². The molecule has 0 saturated heterocycles. The molecule has 1 unspecified atom stereocenters. The Balaban J connectivity index is 3.54. The lowest BCUT2D eigenvalue weighted by Crippen LogP contribution is -2.22. The molecule has 0 aliphatic heterocycles. The number of hydrogen-bond acceptors (Lipinski definition) is 2. The van der Waals surface area contributed by atoms with Crippen molar-refractivity contribution in [2.24, 2.45) is 0 Å². The van der Waals surface area contributed by atoms with E-state index in [0.717, 1.165) is 0 Å². The molecule has 3 nitrogen and oxygen atoms in total. The molecule has 0 rings (SSSR count). The Kier molecular flexibility index (Phi) is 3.96. The quantitative estimate of drug-likeness (QED) is 0.610. The molecule has 9 heavy (non-hydrogen) atoms. The second-order valence-corrected chi connectivity index (χ2v) is 1.54. The van der Waals surface area contributed by atoms with Gasteiger partial charge in [0.2, 0.25) is 0 Å². The predicted molar refractivity (Wildman–Crippen MR) is 29.0 cm³/mol. The molecule has 54 valence electrons. The zero-order valence-electron chi connectivity index (χ0n) is 5.13. The van der Waals surface area contributed by atoms with Gasteiger partial charge >= 0.3 is 5.97 Å². The van der Waals surface area contributed by atoms with Crippen LogP contribution in [0.5, 0.6) is 0 Å². The van der Waals surface area contributed by atoms with Crippen molar-refractivity contribution in [3.63, 3.8) is 0 Å². The van der Waals surface area contributed by atoms with Crippen molar-refractivity contribution in [2.45, 2.75) is 12.5 Å². The summed E-state index contributed by atoms with van der Waals surface area (Å²) in [5.74, 6) is -1.12. The first kappa shape index (κ1) is 8.36. The Morgan fingerprint density at radius 1 is 1.89 bits per heavy atom. The monoisotopic (exact) mass is 136 g/mol. The smallest absolute Gasteiger partial charge is 0.332 e. The van der Waals surface area contributed by atoms with Crippen molar-refractivity contribution < 1.29 is 19.0 Å². The maximum Gasteiger partial charge on any atom is 0.332 e. The Hall–Kier alpha value is -0.640. The van der Waals surface area contributed by atoms with Crippen LogP contribution in [0.4, 0.5) is 4.39 Å². The molecule has 1 atom stereocenters.